The lowest BCUT2D eigenvalue weighted by Gasteiger charge is -2.31. The van der Waals surface area contributed by atoms with Crippen LogP contribution in [0, 0.1) is 16.0 Å². The molecule has 3 atom stereocenters. The molecule has 4 aromatic rings. The predicted molar refractivity (Wildman–Crippen MR) is 219 cm³/mol. The van der Waals surface area contributed by atoms with Gasteiger partial charge in [-0.3, -0.25) is 24.6 Å². The summed E-state index contributed by atoms with van der Waals surface area (Å²) in [7, 11) is 0. The SMILES string of the molecule is CC[C@H](C)[C@@H](CN(CC(=O)N[C@@H](CCSC)C(=O)O)Cc1cccc2ccccc12)NC(=O)Cc1cn(Cc2ccc([N+](=O)[O-])cc2)cn1.O=C(O)C(F)(F)F.O=C(O)C(F)(F)F. The van der Waals surface area contributed by atoms with Gasteiger partial charge in [0.2, 0.25) is 11.8 Å². The van der Waals surface area contributed by atoms with Crippen molar-refractivity contribution >= 4 is 57.9 Å². The van der Waals surface area contributed by atoms with Crippen molar-refractivity contribution in [2.75, 3.05) is 25.1 Å². The molecule has 0 fully saturated rings. The second-order valence-electron chi connectivity index (χ2n) is 13.9. The zero-order valence-electron chi connectivity index (χ0n) is 34.1. The lowest BCUT2D eigenvalue weighted by molar-refractivity contribution is -0.384. The Morgan fingerprint density at radius 2 is 1.48 bits per heavy atom. The van der Waals surface area contributed by atoms with E-state index in [-0.39, 0.29) is 42.4 Å². The van der Waals surface area contributed by atoms with Gasteiger partial charge in [0.1, 0.15) is 6.04 Å². The molecule has 1 aromatic heterocycles. The van der Waals surface area contributed by atoms with Crippen LogP contribution in [0.3, 0.4) is 0 Å². The normalized spacial score (nSPS) is 12.7. The molecule has 0 spiro atoms. The van der Waals surface area contributed by atoms with E-state index in [0.29, 0.717) is 37.5 Å². The van der Waals surface area contributed by atoms with Crippen molar-refractivity contribution in [1.29, 1.82) is 0 Å². The summed E-state index contributed by atoms with van der Waals surface area (Å²) >= 11 is 1.52. The van der Waals surface area contributed by atoms with Crippen LogP contribution < -0.4 is 10.6 Å². The number of fused-ring (bicyclic) bond motifs is 1. The Kier molecular flexibility index (Phi) is 21.0. The summed E-state index contributed by atoms with van der Waals surface area (Å²) in [6.45, 7) is 5.31. The number of aliphatic carboxylic acids is 3. The number of carboxylic acids is 3. The molecule has 23 heteroatoms. The van der Waals surface area contributed by atoms with E-state index in [1.165, 1.54) is 23.9 Å². The Balaban J connectivity index is 0.000000838. The van der Waals surface area contributed by atoms with E-state index in [2.05, 4.69) is 29.5 Å². The number of amides is 2. The Bertz CT molecular complexity index is 2120. The third kappa shape index (κ3) is 19.1. The average Bonchev–Trinajstić information content (AvgIpc) is 3.64. The first-order valence-corrected chi connectivity index (χ1v) is 20.2. The van der Waals surface area contributed by atoms with Crippen LogP contribution in [-0.2, 0) is 43.5 Å². The summed E-state index contributed by atoms with van der Waals surface area (Å²) in [6, 6.07) is 19.1. The minimum atomic E-state index is -5.08. The molecule has 16 nitrogen and oxygen atoms in total. The standard InChI is InChI=1S/C36H44N6O6S.2C2HF3O2/c1-4-25(2)33(39-34(43)18-29-21-41(24-37-29)19-26-12-14-30(15-13-26)42(47)48)22-40(23-35(44)38-32(36(45)46)16-17-49-3)20-28-10-7-9-27-8-5-6-11-31(27)28;2*3-2(4,5)1(6)7/h5-15,21,24-25,32-33H,4,16-20,22-23H2,1-3H3,(H,38,44)(H,39,43)(H,45,46);2*(H,6,7)/t25-,32-,33+;;/m0../s1. The third-order valence-corrected chi connectivity index (χ3v) is 9.69. The van der Waals surface area contributed by atoms with Gasteiger partial charge >= 0.3 is 30.3 Å². The zero-order chi connectivity index (χ0) is 47.5. The second kappa shape index (κ2) is 25.0. The molecule has 0 saturated carbocycles. The fourth-order valence-electron chi connectivity index (χ4n) is 5.66. The molecular weight excluding hydrogens is 871 g/mol. The van der Waals surface area contributed by atoms with Gasteiger partial charge in [-0.25, -0.2) is 19.4 Å². The maximum Gasteiger partial charge on any atom is 0.490 e. The highest BCUT2D eigenvalue weighted by molar-refractivity contribution is 7.98. The number of nitro benzene ring substituents is 1. The molecule has 0 bridgehead atoms. The number of non-ortho nitro benzene ring substituents is 1. The molecule has 4 rings (SSSR count). The van der Waals surface area contributed by atoms with Crippen LogP contribution >= 0.6 is 11.8 Å². The maximum atomic E-state index is 13.4. The zero-order valence-corrected chi connectivity index (χ0v) is 34.9. The molecule has 63 heavy (non-hydrogen) atoms. The number of hydrogen-bond donors (Lipinski definition) is 5. The number of carbonyl (C=O) groups is 5. The van der Waals surface area contributed by atoms with E-state index in [4.69, 9.17) is 19.8 Å². The molecule has 1 heterocycles. The number of rotatable bonds is 19. The first-order valence-electron chi connectivity index (χ1n) is 18.8. The van der Waals surface area contributed by atoms with E-state index < -0.39 is 41.2 Å². The molecule has 0 aliphatic carbocycles. The summed E-state index contributed by atoms with van der Waals surface area (Å²) < 4.78 is 65.3. The van der Waals surface area contributed by atoms with Gasteiger partial charge in [0.05, 0.1) is 29.9 Å². The number of hydrogen-bond acceptors (Lipinski definition) is 10. The van der Waals surface area contributed by atoms with Gasteiger partial charge in [-0.05, 0) is 46.2 Å². The van der Waals surface area contributed by atoms with Crippen LogP contribution in [-0.4, -0.2) is 114 Å². The minimum absolute atomic E-state index is 0.0227. The number of alkyl halides is 6. The van der Waals surface area contributed by atoms with Crippen molar-refractivity contribution in [2.24, 2.45) is 5.92 Å². The van der Waals surface area contributed by atoms with Gasteiger partial charge in [-0.1, -0.05) is 74.9 Å². The number of nitro groups is 1. The number of nitrogens with one attached hydrogen (secondary N) is 2. The van der Waals surface area contributed by atoms with Crippen LogP contribution in [0.4, 0.5) is 32.0 Å². The van der Waals surface area contributed by atoms with Crippen LogP contribution in [0.15, 0.2) is 79.3 Å². The van der Waals surface area contributed by atoms with Gasteiger partial charge < -0.3 is 30.5 Å². The van der Waals surface area contributed by atoms with Crippen LogP contribution in [0.1, 0.15) is 43.5 Å². The first kappa shape index (κ1) is 52.9. The van der Waals surface area contributed by atoms with Crippen LogP contribution in [0.5, 0.6) is 0 Å². The quantitative estimate of drug-likeness (QED) is 0.0404. The smallest absolute Gasteiger partial charge is 0.480 e. The van der Waals surface area contributed by atoms with Gasteiger partial charge in [0.15, 0.2) is 0 Å². The van der Waals surface area contributed by atoms with E-state index in [0.717, 1.165) is 28.3 Å². The first-order chi connectivity index (χ1) is 29.4. The number of carboxylic acid groups (broad SMARTS) is 3. The van der Waals surface area contributed by atoms with E-state index in [1.807, 2.05) is 58.2 Å². The van der Waals surface area contributed by atoms with Crippen molar-refractivity contribution in [3.05, 3.63) is 106 Å². The van der Waals surface area contributed by atoms with E-state index in [1.54, 1.807) is 24.7 Å². The number of aromatic nitrogens is 2. The van der Waals surface area contributed by atoms with Gasteiger partial charge in [0, 0.05) is 44.0 Å². The second-order valence-corrected chi connectivity index (χ2v) is 14.8. The van der Waals surface area contributed by atoms with Crippen molar-refractivity contribution in [1.82, 2.24) is 25.1 Å². The topological polar surface area (TPSA) is 234 Å². The van der Waals surface area contributed by atoms with Gasteiger partial charge in [-0.15, -0.1) is 0 Å². The lowest BCUT2D eigenvalue weighted by atomic mass is 9.97. The largest absolute Gasteiger partial charge is 0.490 e. The Labute approximate surface area is 360 Å². The maximum absolute atomic E-state index is 13.4. The highest BCUT2D eigenvalue weighted by atomic mass is 32.2. The summed E-state index contributed by atoms with van der Waals surface area (Å²) in [5.41, 5.74) is 2.50. The fourth-order valence-corrected chi connectivity index (χ4v) is 6.13. The fraction of sp³-hybridized carbons (Fsp3) is 0.400. The van der Waals surface area contributed by atoms with Gasteiger partial charge in [-0.2, -0.15) is 38.1 Å². The number of thioether (sulfide) groups is 1. The third-order valence-electron chi connectivity index (χ3n) is 9.04. The number of nitrogens with zero attached hydrogens (tertiary/aromatic N) is 4. The Hall–Kier alpha value is -6.23. The summed E-state index contributed by atoms with van der Waals surface area (Å²) in [6.07, 6.45) is -3.69. The van der Waals surface area contributed by atoms with Crippen molar-refractivity contribution < 1.29 is 70.6 Å². The number of imidazole rings is 1. The molecule has 0 radical (unpaired) electrons. The Morgan fingerprint density at radius 3 is 2.02 bits per heavy atom. The molecule has 2 amide bonds. The van der Waals surface area contributed by atoms with Crippen LogP contribution in [0.25, 0.3) is 10.8 Å². The van der Waals surface area contributed by atoms with E-state index >= 15 is 0 Å². The van der Waals surface area contributed by atoms with Gasteiger partial charge in [0.25, 0.3) is 5.69 Å². The molecular formula is C40H46F6N6O10S. The summed E-state index contributed by atoms with van der Waals surface area (Å²) in [5.74, 6) is -6.49. The summed E-state index contributed by atoms with van der Waals surface area (Å²) in [4.78, 5) is 73.2. The Morgan fingerprint density at radius 1 is 0.889 bits per heavy atom. The lowest BCUT2D eigenvalue weighted by Crippen LogP contribution is -2.51. The molecule has 0 unspecified atom stereocenters. The highest BCUT2D eigenvalue weighted by Crippen LogP contribution is 2.22. The highest BCUT2D eigenvalue weighted by Gasteiger charge is 2.39. The predicted octanol–water partition coefficient (Wildman–Crippen LogP) is 6.16. The molecule has 3 aromatic carbocycles. The van der Waals surface area contributed by atoms with Crippen molar-refractivity contribution in [3.63, 3.8) is 0 Å². The number of carbonyl (C=O) groups excluding carboxylic acids is 2. The molecule has 0 aliphatic heterocycles. The monoisotopic (exact) mass is 916 g/mol. The summed E-state index contributed by atoms with van der Waals surface area (Å²) in [5, 5.41) is 42.9. The van der Waals surface area contributed by atoms with E-state index in [9.17, 15) is 55.9 Å². The molecule has 5 N–H and O–H groups in total. The minimum Gasteiger partial charge on any atom is -0.480 e. The number of benzene rings is 3. The molecule has 0 aliphatic rings. The molecule has 344 valence electrons. The van der Waals surface area contributed by atoms with Crippen molar-refractivity contribution in [3.8, 4) is 0 Å². The number of halogens is 6. The molecule has 0 saturated heterocycles. The van der Waals surface area contributed by atoms with Crippen molar-refractivity contribution in [2.45, 2.75) is 70.6 Å². The average molecular weight is 917 g/mol. The van der Waals surface area contributed by atoms with Crippen LogP contribution in [0.2, 0.25) is 0 Å².